The molecule has 6 heteroatoms. The van der Waals surface area contributed by atoms with Crippen LogP contribution in [0.2, 0.25) is 0 Å². The predicted octanol–water partition coefficient (Wildman–Crippen LogP) is 0.785. The highest BCUT2D eigenvalue weighted by Gasteiger charge is 2.41. The van der Waals surface area contributed by atoms with Gasteiger partial charge in [0.25, 0.3) is 5.56 Å². The number of piperidine rings is 1. The molecular weight excluding hydrogens is 282 g/mol. The van der Waals surface area contributed by atoms with Crippen molar-refractivity contribution in [1.82, 2.24) is 14.5 Å². The monoisotopic (exact) mass is 307 g/mol. The van der Waals surface area contributed by atoms with Crippen LogP contribution in [-0.2, 0) is 0 Å². The van der Waals surface area contributed by atoms with Crippen molar-refractivity contribution in [2.45, 2.75) is 63.6 Å². The van der Waals surface area contributed by atoms with Crippen molar-refractivity contribution in [2.75, 3.05) is 13.1 Å². The van der Waals surface area contributed by atoms with Crippen LogP contribution in [0.15, 0.2) is 15.8 Å². The van der Waals surface area contributed by atoms with Gasteiger partial charge in [0.2, 0.25) is 0 Å². The summed E-state index contributed by atoms with van der Waals surface area (Å²) in [6.07, 6.45) is 7.15. The highest BCUT2D eigenvalue weighted by atomic mass is 16.3. The highest BCUT2D eigenvalue weighted by Crippen LogP contribution is 2.34. The molecule has 1 aromatic heterocycles. The van der Waals surface area contributed by atoms with Crippen LogP contribution in [0, 0.1) is 6.92 Å². The van der Waals surface area contributed by atoms with Crippen molar-refractivity contribution in [3.05, 3.63) is 32.6 Å². The van der Waals surface area contributed by atoms with Gasteiger partial charge >= 0.3 is 5.69 Å². The summed E-state index contributed by atoms with van der Waals surface area (Å²) in [5.41, 5.74) is -1.24. The molecule has 0 spiro atoms. The zero-order valence-electron chi connectivity index (χ0n) is 13.3. The van der Waals surface area contributed by atoms with Crippen molar-refractivity contribution < 1.29 is 5.11 Å². The molecule has 0 radical (unpaired) electrons. The van der Waals surface area contributed by atoms with Gasteiger partial charge in [-0.2, -0.15) is 0 Å². The van der Waals surface area contributed by atoms with Gasteiger partial charge in [0, 0.05) is 30.9 Å². The van der Waals surface area contributed by atoms with Gasteiger partial charge in [0.05, 0.1) is 11.6 Å². The zero-order chi connectivity index (χ0) is 15.9. The summed E-state index contributed by atoms with van der Waals surface area (Å²) in [7, 11) is 0. The summed E-state index contributed by atoms with van der Waals surface area (Å²) in [6.45, 7) is 4.99. The van der Waals surface area contributed by atoms with Gasteiger partial charge in [-0.1, -0.05) is 12.8 Å². The summed E-state index contributed by atoms with van der Waals surface area (Å²) >= 11 is 0. The number of hydrogen-bond acceptors (Lipinski definition) is 4. The minimum atomic E-state index is -0.941. The van der Waals surface area contributed by atoms with E-state index in [1.807, 2.05) is 0 Å². The number of aromatic amines is 1. The summed E-state index contributed by atoms with van der Waals surface area (Å²) in [5, 5.41) is 10.8. The number of likely N-dealkylation sites (tertiary alicyclic amines) is 1. The smallest absolute Gasteiger partial charge is 0.328 e. The Morgan fingerprint density at radius 1 is 1.32 bits per heavy atom. The molecule has 0 amide bonds. The van der Waals surface area contributed by atoms with E-state index in [2.05, 4.69) is 9.88 Å². The third-order valence-corrected chi connectivity index (χ3v) is 5.35. The first-order valence-corrected chi connectivity index (χ1v) is 8.17. The Kier molecular flexibility index (Phi) is 3.99. The van der Waals surface area contributed by atoms with E-state index in [1.54, 1.807) is 20.0 Å². The number of aromatic nitrogens is 2. The van der Waals surface area contributed by atoms with Crippen LogP contribution in [0.25, 0.3) is 0 Å². The Morgan fingerprint density at radius 2 is 2.00 bits per heavy atom. The number of aliphatic hydroxyl groups is 1. The fourth-order valence-electron chi connectivity index (χ4n) is 3.85. The fourth-order valence-corrected chi connectivity index (χ4v) is 3.85. The standard InChI is InChI=1S/C16H25N3O3/c1-11-9-19(15(21)17-14(11)20)13-10-18(8-7-16(13,2)22)12-5-3-4-6-12/h9,12-13,22H,3-8,10H2,1-2H3,(H,17,20,21)/t13-,16-/m1/s1. The Hall–Kier alpha value is -1.40. The molecule has 2 N–H and O–H groups in total. The molecule has 2 heterocycles. The van der Waals surface area contributed by atoms with E-state index in [1.165, 1.54) is 30.3 Å². The lowest BCUT2D eigenvalue weighted by atomic mass is 9.87. The molecule has 0 unspecified atom stereocenters. The lowest BCUT2D eigenvalue weighted by Gasteiger charge is -2.45. The van der Waals surface area contributed by atoms with Crippen LogP contribution in [0.4, 0.5) is 0 Å². The maximum absolute atomic E-state index is 12.2. The molecule has 1 saturated heterocycles. The Labute approximate surface area is 129 Å². The van der Waals surface area contributed by atoms with Crippen LogP contribution in [0.3, 0.4) is 0 Å². The number of nitrogens with zero attached hydrogens (tertiary/aromatic N) is 2. The predicted molar refractivity (Wildman–Crippen MR) is 84.2 cm³/mol. The van der Waals surface area contributed by atoms with E-state index >= 15 is 0 Å². The molecule has 1 aliphatic heterocycles. The van der Waals surface area contributed by atoms with E-state index in [0.29, 0.717) is 24.6 Å². The third-order valence-electron chi connectivity index (χ3n) is 5.35. The van der Waals surface area contributed by atoms with Gasteiger partial charge in [-0.15, -0.1) is 0 Å². The normalized spacial score (nSPS) is 30.8. The summed E-state index contributed by atoms with van der Waals surface area (Å²) in [5.74, 6) is 0. The number of nitrogens with one attached hydrogen (secondary N) is 1. The van der Waals surface area contributed by atoms with Crippen LogP contribution < -0.4 is 11.2 Å². The molecule has 0 bridgehead atoms. The van der Waals surface area contributed by atoms with Crippen molar-refractivity contribution in [1.29, 1.82) is 0 Å². The molecule has 2 atom stereocenters. The first kappa shape index (κ1) is 15.5. The van der Waals surface area contributed by atoms with E-state index in [4.69, 9.17) is 0 Å². The maximum atomic E-state index is 12.2. The molecule has 0 aromatic carbocycles. The number of hydrogen-bond donors (Lipinski definition) is 2. The zero-order valence-corrected chi connectivity index (χ0v) is 13.3. The van der Waals surface area contributed by atoms with Crippen LogP contribution in [0.1, 0.15) is 50.6 Å². The molecule has 122 valence electrons. The maximum Gasteiger partial charge on any atom is 0.328 e. The Balaban J connectivity index is 1.93. The van der Waals surface area contributed by atoms with E-state index in [0.717, 1.165) is 6.54 Å². The van der Waals surface area contributed by atoms with Gasteiger partial charge in [0.15, 0.2) is 0 Å². The van der Waals surface area contributed by atoms with Gasteiger partial charge in [-0.3, -0.25) is 19.2 Å². The quantitative estimate of drug-likeness (QED) is 0.846. The number of aryl methyl sites for hydroxylation is 1. The second kappa shape index (κ2) is 5.66. The van der Waals surface area contributed by atoms with Crippen LogP contribution >= 0.6 is 0 Å². The lowest BCUT2D eigenvalue weighted by Crippen LogP contribution is -2.55. The van der Waals surface area contributed by atoms with Crippen molar-refractivity contribution >= 4 is 0 Å². The molecular formula is C16H25N3O3. The average molecular weight is 307 g/mol. The first-order valence-electron chi connectivity index (χ1n) is 8.17. The molecule has 1 aliphatic carbocycles. The summed E-state index contributed by atoms with van der Waals surface area (Å²) in [4.78, 5) is 28.5. The van der Waals surface area contributed by atoms with E-state index in [-0.39, 0.29) is 11.6 Å². The van der Waals surface area contributed by atoms with Gasteiger partial charge < -0.3 is 5.11 Å². The molecule has 3 rings (SSSR count). The van der Waals surface area contributed by atoms with E-state index < -0.39 is 11.3 Å². The molecule has 6 nitrogen and oxygen atoms in total. The average Bonchev–Trinajstić information content (AvgIpc) is 2.97. The minimum absolute atomic E-state index is 0.329. The minimum Gasteiger partial charge on any atom is -0.388 e. The first-order chi connectivity index (χ1) is 10.4. The fraction of sp³-hybridized carbons (Fsp3) is 0.750. The second-order valence-corrected chi connectivity index (χ2v) is 7.03. The number of rotatable bonds is 2. The largest absolute Gasteiger partial charge is 0.388 e. The second-order valence-electron chi connectivity index (χ2n) is 7.03. The van der Waals surface area contributed by atoms with Crippen molar-refractivity contribution in [3.8, 4) is 0 Å². The van der Waals surface area contributed by atoms with Gasteiger partial charge in [0.1, 0.15) is 0 Å². The van der Waals surface area contributed by atoms with E-state index in [9.17, 15) is 14.7 Å². The molecule has 22 heavy (non-hydrogen) atoms. The van der Waals surface area contributed by atoms with Crippen molar-refractivity contribution in [3.63, 3.8) is 0 Å². The SMILES string of the molecule is Cc1cn([C@@H]2CN(C3CCCC3)CC[C@@]2(C)O)c(=O)[nH]c1=O. The molecule has 2 fully saturated rings. The summed E-state index contributed by atoms with van der Waals surface area (Å²) in [6, 6.07) is 0.239. The van der Waals surface area contributed by atoms with Crippen LogP contribution in [-0.4, -0.2) is 44.3 Å². The third kappa shape index (κ3) is 2.77. The molecule has 2 aliphatic rings. The Morgan fingerprint density at radius 3 is 2.68 bits per heavy atom. The van der Waals surface area contributed by atoms with Gasteiger partial charge in [-0.05, 0) is 33.1 Å². The Bertz CT molecular complexity index is 655. The lowest BCUT2D eigenvalue weighted by molar-refractivity contribution is -0.0612. The molecule has 1 aromatic rings. The van der Waals surface area contributed by atoms with Gasteiger partial charge in [-0.25, -0.2) is 4.79 Å². The van der Waals surface area contributed by atoms with Crippen molar-refractivity contribution in [2.24, 2.45) is 0 Å². The van der Waals surface area contributed by atoms with Crippen LogP contribution in [0.5, 0.6) is 0 Å². The topological polar surface area (TPSA) is 78.3 Å². The highest BCUT2D eigenvalue weighted by molar-refractivity contribution is 5.05. The molecule has 1 saturated carbocycles. The number of H-pyrrole nitrogens is 1. The summed E-state index contributed by atoms with van der Waals surface area (Å²) < 4.78 is 1.51.